The van der Waals surface area contributed by atoms with Gasteiger partial charge in [0.05, 0.1) is 0 Å². The number of allylic oxidation sites excluding steroid dienone is 2. The number of fused-ring (bicyclic) bond motifs is 1. The Hall–Kier alpha value is -3.46. The molecule has 0 fully saturated rings. The molecule has 9 heteroatoms. The second-order valence-electron chi connectivity index (χ2n) is 7.24. The van der Waals surface area contributed by atoms with Crippen LogP contribution in [0.1, 0.15) is 35.2 Å². The van der Waals surface area contributed by atoms with Gasteiger partial charge in [-0.15, -0.1) is 11.3 Å². The largest absolute Gasteiger partial charge is 0.482 e. The van der Waals surface area contributed by atoms with E-state index >= 15 is 0 Å². The van der Waals surface area contributed by atoms with E-state index in [1.165, 1.54) is 11.2 Å². The second-order valence-corrected chi connectivity index (χ2v) is 8.22. The third-order valence-corrected chi connectivity index (χ3v) is 6.40. The number of ether oxygens (including phenoxy) is 1. The summed E-state index contributed by atoms with van der Waals surface area (Å²) in [6, 6.07) is 10.8. The normalized spacial score (nSPS) is 20.3. The highest BCUT2D eigenvalue weighted by Crippen LogP contribution is 2.44. The van der Waals surface area contributed by atoms with Crippen LogP contribution in [-0.4, -0.2) is 38.2 Å². The Kier molecular flexibility index (Phi) is 4.59. The number of carbonyl (C=O) groups is 2. The highest BCUT2D eigenvalue weighted by molar-refractivity contribution is 7.10. The average Bonchev–Trinajstić information content (AvgIpc) is 3.43. The van der Waals surface area contributed by atoms with E-state index in [2.05, 4.69) is 21.5 Å². The Bertz CT molecular complexity index is 1130. The zero-order chi connectivity index (χ0) is 20.7. The summed E-state index contributed by atoms with van der Waals surface area (Å²) in [5.74, 6) is 0.276. The van der Waals surface area contributed by atoms with Crippen LogP contribution in [-0.2, 0) is 9.59 Å². The standard InChI is InChI=1S/C21H18N4O4S/c26-16-9-13(17-2-1-7-30-17)8-15-19(16)20(25-21(24-15)22-11-23-25)12-3-5-14(6-4-12)29-10-18(27)28/h1-7,11,13,20H,8-10H2,(H,27,28)(H,22,23,24). The van der Waals surface area contributed by atoms with Crippen LogP contribution in [0.15, 0.2) is 59.4 Å². The summed E-state index contributed by atoms with van der Waals surface area (Å²) in [5, 5.41) is 18.5. The molecule has 30 heavy (non-hydrogen) atoms. The number of aromatic nitrogens is 3. The first-order valence-electron chi connectivity index (χ1n) is 9.51. The number of hydrogen-bond donors (Lipinski definition) is 2. The van der Waals surface area contributed by atoms with Crippen LogP contribution in [0.3, 0.4) is 0 Å². The third kappa shape index (κ3) is 3.26. The number of carbonyl (C=O) groups excluding carboxylic acids is 1. The van der Waals surface area contributed by atoms with Crippen LogP contribution in [0.25, 0.3) is 0 Å². The van der Waals surface area contributed by atoms with Gasteiger partial charge in [-0.3, -0.25) is 4.79 Å². The summed E-state index contributed by atoms with van der Waals surface area (Å²) in [6.45, 7) is -0.405. The predicted molar refractivity (Wildman–Crippen MR) is 110 cm³/mol. The smallest absolute Gasteiger partial charge is 0.341 e. The first-order chi connectivity index (χ1) is 14.6. The van der Waals surface area contributed by atoms with Gasteiger partial charge in [-0.25, -0.2) is 9.48 Å². The molecule has 3 aromatic rings. The summed E-state index contributed by atoms with van der Waals surface area (Å²) in [6.07, 6.45) is 2.67. The number of thiophene rings is 1. The van der Waals surface area contributed by atoms with Crippen molar-refractivity contribution in [2.24, 2.45) is 0 Å². The number of rotatable bonds is 5. The van der Waals surface area contributed by atoms with Gasteiger partial charge in [0.1, 0.15) is 18.1 Å². The summed E-state index contributed by atoms with van der Waals surface area (Å²) >= 11 is 1.67. The monoisotopic (exact) mass is 422 g/mol. The number of hydrogen-bond acceptors (Lipinski definition) is 7. The fourth-order valence-corrected chi connectivity index (χ4v) is 4.91. The number of carboxylic acids is 1. The molecule has 2 aromatic heterocycles. The Labute approximate surface area is 175 Å². The van der Waals surface area contributed by atoms with Crippen LogP contribution in [0.4, 0.5) is 5.95 Å². The fourth-order valence-electron chi connectivity index (χ4n) is 4.08. The molecule has 1 aliphatic heterocycles. The molecule has 0 spiro atoms. The number of ketones is 1. The van der Waals surface area contributed by atoms with Gasteiger partial charge in [0.2, 0.25) is 5.95 Å². The molecule has 152 valence electrons. The Morgan fingerprint density at radius 1 is 1.27 bits per heavy atom. The minimum absolute atomic E-state index is 0.0968. The first-order valence-corrected chi connectivity index (χ1v) is 10.4. The molecule has 2 aliphatic rings. The minimum atomic E-state index is -1.03. The summed E-state index contributed by atoms with van der Waals surface area (Å²) < 4.78 is 6.94. The quantitative estimate of drug-likeness (QED) is 0.650. The zero-order valence-corrected chi connectivity index (χ0v) is 16.6. The summed E-state index contributed by atoms with van der Waals surface area (Å²) in [7, 11) is 0. The SMILES string of the molecule is O=C(O)COc1ccc(C2C3=C(CC(c4cccs4)CC3=O)Nc3ncnn32)cc1. The fraction of sp³-hybridized carbons (Fsp3) is 0.238. The molecule has 1 aromatic carbocycles. The van der Waals surface area contributed by atoms with E-state index in [9.17, 15) is 9.59 Å². The number of carboxylic acid groups (broad SMARTS) is 1. The number of benzene rings is 1. The maximum atomic E-state index is 13.2. The minimum Gasteiger partial charge on any atom is -0.482 e. The van der Waals surface area contributed by atoms with Crippen molar-refractivity contribution < 1.29 is 19.4 Å². The van der Waals surface area contributed by atoms with E-state index in [1.54, 1.807) is 28.2 Å². The molecule has 0 bridgehead atoms. The molecular formula is C21H18N4O4S. The number of Topliss-reactive ketones (excluding diaryl/α,β-unsaturated/α-hetero) is 1. The molecule has 2 unspecified atom stereocenters. The number of aliphatic carboxylic acids is 1. The Morgan fingerprint density at radius 3 is 2.83 bits per heavy atom. The van der Waals surface area contributed by atoms with Gasteiger partial charge in [0.15, 0.2) is 12.4 Å². The number of nitrogens with one attached hydrogen (secondary N) is 1. The Morgan fingerprint density at radius 2 is 2.10 bits per heavy atom. The van der Waals surface area contributed by atoms with Crippen LogP contribution in [0.2, 0.25) is 0 Å². The van der Waals surface area contributed by atoms with E-state index in [-0.39, 0.29) is 17.7 Å². The average molecular weight is 422 g/mol. The molecule has 2 atom stereocenters. The number of anilines is 1. The van der Waals surface area contributed by atoms with E-state index < -0.39 is 12.6 Å². The summed E-state index contributed by atoms with van der Waals surface area (Å²) in [4.78, 5) is 29.5. The van der Waals surface area contributed by atoms with E-state index in [4.69, 9.17) is 9.84 Å². The lowest BCUT2D eigenvalue weighted by molar-refractivity contribution is -0.139. The molecule has 0 saturated heterocycles. The van der Waals surface area contributed by atoms with Gasteiger partial charge < -0.3 is 15.2 Å². The zero-order valence-electron chi connectivity index (χ0n) is 15.8. The first kappa shape index (κ1) is 18.6. The van der Waals surface area contributed by atoms with Crippen LogP contribution in [0.5, 0.6) is 5.75 Å². The van der Waals surface area contributed by atoms with Gasteiger partial charge in [-0.2, -0.15) is 10.1 Å². The topological polar surface area (TPSA) is 106 Å². The molecule has 0 saturated carbocycles. The second kappa shape index (κ2) is 7.42. The number of nitrogens with zero attached hydrogens (tertiary/aromatic N) is 3. The third-order valence-electron chi connectivity index (χ3n) is 5.37. The molecule has 8 nitrogen and oxygen atoms in total. The van der Waals surface area contributed by atoms with Crippen molar-refractivity contribution in [3.63, 3.8) is 0 Å². The van der Waals surface area contributed by atoms with E-state index in [0.29, 0.717) is 23.7 Å². The highest BCUT2D eigenvalue weighted by Gasteiger charge is 2.39. The van der Waals surface area contributed by atoms with Crippen LogP contribution in [0, 0.1) is 0 Å². The molecule has 5 rings (SSSR count). The molecule has 0 amide bonds. The highest BCUT2D eigenvalue weighted by atomic mass is 32.1. The maximum absolute atomic E-state index is 13.2. The lowest BCUT2D eigenvalue weighted by atomic mass is 9.80. The van der Waals surface area contributed by atoms with E-state index in [1.807, 2.05) is 23.6 Å². The van der Waals surface area contributed by atoms with Crippen molar-refractivity contribution in [1.29, 1.82) is 0 Å². The van der Waals surface area contributed by atoms with Crippen molar-refractivity contribution in [3.05, 3.63) is 69.8 Å². The molecule has 2 N–H and O–H groups in total. The van der Waals surface area contributed by atoms with Gasteiger partial charge in [-0.05, 0) is 35.6 Å². The lowest BCUT2D eigenvalue weighted by Gasteiger charge is -2.34. The van der Waals surface area contributed by atoms with Gasteiger partial charge in [-0.1, -0.05) is 18.2 Å². The van der Waals surface area contributed by atoms with Crippen molar-refractivity contribution >= 4 is 29.0 Å². The van der Waals surface area contributed by atoms with Crippen LogP contribution >= 0.6 is 11.3 Å². The lowest BCUT2D eigenvalue weighted by Crippen LogP contribution is -2.33. The van der Waals surface area contributed by atoms with Crippen molar-refractivity contribution in [1.82, 2.24) is 14.8 Å². The molecule has 1 aliphatic carbocycles. The van der Waals surface area contributed by atoms with Crippen LogP contribution < -0.4 is 10.1 Å². The molecule has 3 heterocycles. The maximum Gasteiger partial charge on any atom is 0.341 e. The van der Waals surface area contributed by atoms with Gasteiger partial charge >= 0.3 is 5.97 Å². The van der Waals surface area contributed by atoms with Crippen molar-refractivity contribution in [3.8, 4) is 5.75 Å². The molecule has 0 radical (unpaired) electrons. The predicted octanol–water partition coefficient (Wildman–Crippen LogP) is 3.22. The van der Waals surface area contributed by atoms with Gasteiger partial charge in [0, 0.05) is 28.5 Å². The van der Waals surface area contributed by atoms with E-state index in [0.717, 1.165) is 17.7 Å². The van der Waals surface area contributed by atoms with Gasteiger partial charge in [0.25, 0.3) is 0 Å². The van der Waals surface area contributed by atoms with Crippen molar-refractivity contribution in [2.75, 3.05) is 11.9 Å². The summed E-state index contributed by atoms with van der Waals surface area (Å²) in [5.41, 5.74) is 2.46. The van der Waals surface area contributed by atoms with Crippen molar-refractivity contribution in [2.45, 2.75) is 24.8 Å². The Balaban J connectivity index is 1.51. The molecular weight excluding hydrogens is 404 g/mol.